The van der Waals surface area contributed by atoms with Crippen LogP contribution >= 0.6 is 0 Å². The molecule has 2 fully saturated rings. The normalized spacial score (nSPS) is 20.9. The number of amides is 2. The second kappa shape index (κ2) is 8.55. The van der Waals surface area contributed by atoms with Gasteiger partial charge in [-0.3, -0.25) is 9.59 Å². The van der Waals surface area contributed by atoms with E-state index in [4.69, 9.17) is 0 Å². The second-order valence-corrected chi connectivity index (χ2v) is 12.2. The van der Waals surface area contributed by atoms with Gasteiger partial charge in [0, 0.05) is 0 Å². The molecular formula is C22H24N4O8S2. The summed E-state index contributed by atoms with van der Waals surface area (Å²) in [5.74, 6) is -1.38. The molecular weight excluding hydrogens is 512 g/mol. The first-order valence-corrected chi connectivity index (χ1v) is 14.2. The average molecular weight is 537 g/mol. The summed E-state index contributed by atoms with van der Waals surface area (Å²) >= 11 is 0. The molecule has 14 heteroatoms. The largest absolute Gasteiger partial charge is 0.506 e. The lowest BCUT2D eigenvalue weighted by Crippen LogP contribution is -2.29. The molecule has 2 aromatic carbocycles. The van der Waals surface area contributed by atoms with Crippen LogP contribution in [0.15, 0.2) is 24.3 Å². The fraction of sp³-hybridized carbons (Fsp3) is 0.364. The van der Waals surface area contributed by atoms with Crippen molar-refractivity contribution in [1.82, 2.24) is 9.44 Å². The maximum atomic E-state index is 11.7. The number of rotatable bonds is 2. The van der Waals surface area contributed by atoms with E-state index in [2.05, 4.69) is 0 Å². The quantitative estimate of drug-likeness (QED) is 0.419. The summed E-state index contributed by atoms with van der Waals surface area (Å²) in [6.07, 6.45) is 5.54. The third-order valence-electron chi connectivity index (χ3n) is 6.56. The van der Waals surface area contributed by atoms with Crippen molar-refractivity contribution in [2.24, 2.45) is 0 Å². The van der Waals surface area contributed by atoms with E-state index in [0.717, 1.165) is 69.4 Å². The van der Waals surface area contributed by atoms with Gasteiger partial charge in [-0.2, -0.15) is 16.8 Å². The minimum Gasteiger partial charge on any atom is -0.506 e. The molecule has 2 amide bonds. The summed E-state index contributed by atoms with van der Waals surface area (Å²) in [7, 11) is -7.71. The first kappa shape index (κ1) is 24.2. The fourth-order valence-electron chi connectivity index (χ4n) is 4.92. The van der Waals surface area contributed by atoms with Crippen LogP contribution < -0.4 is 18.1 Å². The number of hydrogen-bond acceptors (Lipinski definition) is 8. The molecule has 0 radical (unpaired) electrons. The zero-order chi connectivity index (χ0) is 25.8. The van der Waals surface area contributed by atoms with Crippen molar-refractivity contribution >= 4 is 43.6 Å². The standard InChI is InChI=1S/2C11H12N2O4S/c2*14-10-5-8-3-1-2-7(8)4-9(10)13-6-11(15)12-18(13,16)17/h2*4-5,14H,1-3,6H2,(H,12,15). The van der Waals surface area contributed by atoms with Gasteiger partial charge in [0.2, 0.25) is 0 Å². The Hall–Kier alpha value is -3.52. The number of nitrogens with zero attached hydrogens (tertiary/aromatic N) is 2. The first-order valence-electron chi connectivity index (χ1n) is 11.3. The summed E-state index contributed by atoms with van der Waals surface area (Å²) in [5.41, 5.74) is 4.52. The lowest BCUT2D eigenvalue weighted by Gasteiger charge is -2.17. The van der Waals surface area contributed by atoms with Crippen molar-refractivity contribution in [3.8, 4) is 11.5 Å². The van der Waals surface area contributed by atoms with Crippen molar-refractivity contribution in [3.63, 3.8) is 0 Å². The van der Waals surface area contributed by atoms with E-state index in [1.807, 2.05) is 9.44 Å². The van der Waals surface area contributed by atoms with E-state index in [-0.39, 0.29) is 36.0 Å². The molecule has 12 nitrogen and oxygen atoms in total. The highest BCUT2D eigenvalue weighted by Crippen LogP contribution is 2.37. The van der Waals surface area contributed by atoms with Crippen LogP contribution in [0.25, 0.3) is 0 Å². The highest BCUT2D eigenvalue weighted by Gasteiger charge is 2.37. The van der Waals surface area contributed by atoms with E-state index >= 15 is 0 Å². The van der Waals surface area contributed by atoms with Gasteiger partial charge < -0.3 is 10.2 Å². The maximum Gasteiger partial charge on any atom is 0.326 e. The second-order valence-electron chi connectivity index (χ2n) is 9.00. The number of hydrogen-bond donors (Lipinski definition) is 4. The summed E-state index contributed by atoms with van der Waals surface area (Å²) < 4.78 is 52.4. The van der Waals surface area contributed by atoms with Crippen molar-refractivity contribution in [3.05, 3.63) is 46.5 Å². The summed E-state index contributed by atoms with van der Waals surface area (Å²) in [6.45, 7) is -0.566. The number of aromatic hydroxyl groups is 2. The van der Waals surface area contributed by atoms with Gasteiger partial charge in [-0.25, -0.2) is 18.1 Å². The molecule has 2 saturated heterocycles. The highest BCUT2D eigenvalue weighted by atomic mass is 32.2. The summed E-state index contributed by atoms with van der Waals surface area (Å²) in [6, 6.07) is 6.51. The fourth-order valence-corrected chi connectivity index (χ4v) is 7.23. The molecule has 36 heavy (non-hydrogen) atoms. The molecule has 0 spiro atoms. The van der Waals surface area contributed by atoms with Gasteiger partial charge in [0.1, 0.15) is 24.6 Å². The highest BCUT2D eigenvalue weighted by molar-refractivity contribution is 7.92. The van der Waals surface area contributed by atoms with Crippen LogP contribution in [-0.4, -0.2) is 52.0 Å². The van der Waals surface area contributed by atoms with Crippen molar-refractivity contribution in [2.45, 2.75) is 38.5 Å². The van der Waals surface area contributed by atoms with Crippen LogP contribution in [0, 0.1) is 0 Å². The number of fused-ring (bicyclic) bond motifs is 2. The Bertz CT molecular complexity index is 1390. The molecule has 4 N–H and O–H groups in total. The van der Waals surface area contributed by atoms with Crippen LogP contribution in [-0.2, 0) is 55.7 Å². The number of phenolic OH excluding ortho intramolecular Hbond substituents is 2. The zero-order valence-corrected chi connectivity index (χ0v) is 20.7. The van der Waals surface area contributed by atoms with E-state index in [0.29, 0.717) is 0 Å². The SMILES string of the molecule is O=C1CN(c2cc3c(cc2O)CCC3)S(=O)(=O)N1.O=C1CN(c2cc3c(cc2O)CCC3)S(=O)(=O)N1. The molecule has 0 atom stereocenters. The van der Waals surface area contributed by atoms with Gasteiger partial charge in [-0.05, 0) is 85.0 Å². The van der Waals surface area contributed by atoms with Crippen molar-refractivity contribution in [1.29, 1.82) is 0 Å². The van der Waals surface area contributed by atoms with Crippen LogP contribution in [0.1, 0.15) is 35.1 Å². The average Bonchev–Trinajstić information content (AvgIpc) is 3.53. The van der Waals surface area contributed by atoms with Crippen LogP contribution in [0.2, 0.25) is 0 Å². The van der Waals surface area contributed by atoms with Gasteiger partial charge in [-0.15, -0.1) is 0 Å². The predicted molar refractivity (Wildman–Crippen MR) is 129 cm³/mol. The molecule has 0 unspecified atom stereocenters. The number of phenols is 2. The number of nitrogens with one attached hydrogen (secondary N) is 2. The Kier molecular flexibility index (Phi) is 5.75. The molecule has 0 bridgehead atoms. The Labute approximate surface area is 207 Å². The monoisotopic (exact) mass is 536 g/mol. The molecule has 0 aromatic heterocycles. The molecule has 2 aliphatic heterocycles. The molecule has 2 aliphatic carbocycles. The third kappa shape index (κ3) is 4.30. The Morgan fingerprint density at radius 3 is 1.25 bits per heavy atom. The van der Waals surface area contributed by atoms with Gasteiger partial charge in [0.05, 0.1) is 11.4 Å². The van der Waals surface area contributed by atoms with Crippen LogP contribution in [0.5, 0.6) is 11.5 Å². The summed E-state index contributed by atoms with van der Waals surface area (Å²) in [5, 5.41) is 19.8. The van der Waals surface area contributed by atoms with Crippen LogP contribution in [0.3, 0.4) is 0 Å². The molecule has 2 heterocycles. The predicted octanol–water partition coefficient (Wildman–Crippen LogP) is 0.124. The lowest BCUT2D eigenvalue weighted by molar-refractivity contribution is -0.118. The van der Waals surface area contributed by atoms with Gasteiger partial charge >= 0.3 is 20.4 Å². The molecule has 4 aliphatic rings. The smallest absolute Gasteiger partial charge is 0.326 e. The van der Waals surface area contributed by atoms with Crippen molar-refractivity contribution in [2.75, 3.05) is 21.7 Å². The number of aryl methyl sites for hydroxylation is 4. The van der Waals surface area contributed by atoms with Gasteiger partial charge in [-0.1, -0.05) is 0 Å². The zero-order valence-electron chi connectivity index (χ0n) is 19.0. The topological polar surface area (TPSA) is 173 Å². The molecule has 192 valence electrons. The van der Waals surface area contributed by atoms with Gasteiger partial charge in [0.15, 0.2) is 0 Å². The van der Waals surface area contributed by atoms with Crippen LogP contribution in [0.4, 0.5) is 11.4 Å². The lowest BCUT2D eigenvalue weighted by atomic mass is 10.1. The van der Waals surface area contributed by atoms with E-state index in [1.54, 1.807) is 24.3 Å². The summed E-state index contributed by atoms with van der Waals surface area (Å²) in [4.78, 5) is 22.3. The van der Waals surface area contributed by atoms with E-state index in [1.165, 1.54) is 0 Å². The minimum absolute atomic E-state index is 0.101. The number of anilines is 2. The molecule has 0 saturated carbocycles. The third-order valence-corrected chi connectivity index (χ3v) is 9.34. The Balaban J connectivity index is 0.000000148. The van der Waals surface area contributed by atoms with Crippen molar-refractivity contribution < 1.29 is 36.6 Å². The number of carbonyl (C=O) groups is 2. The molecule has 6 rings (SSSR count). The molecule has 2 aromatic rings. The first-order chi connectivity index (χ1) is 16.9. The number of benzene rings is 2. The minimum atomic E-state index is -3.86. The maximum absolute atomic E-state index is 11.7. The Morgan fingerprint density at radius 2 is 0.944 bits per heavy atom. The van der Waals surface area contributed by atoms with E-state index in [9.17, 15) is 36.6 Å². The van der Waals surface area contributed by atoms with Gasteiger partial charge in [0.25, 0.3) is 11.8 Å². The Morgan fingerprint density at radius 1 is 0.611 bits per heavy atom. The van der Waals surface area contributed by atoms with E-state index < -0.39 is 32.2 Å². The number of carbonyl (C=O) groups excluding carboxylic acids is 2.